The molecular formula is C22H29N3O. The number of H-pyrrole nitrogens is 1. The van der Waals surface area contributed by atoms with Crippen LogP contribution < -0.4 is 0 Å². The van der Waals surface area contributed by atoms with Gasteiger partial charge in [-0.2, -0.15) is 0 Å². The van der Waals surface area contributed by atoms with Crippen molar-refractivity contribution in [2.24, 2.45) is 0 Å². The maximum absolute atomic E-state index is 11.2. The molecule has 0 fully saturated rings. The first kappa shape index (κ1) is 18.4. The van der Waals surface area contributed by atoms with E-state index in [9.17, 15) is 5.11 Å². The van der Waals surface area contributed by atoms with E-state index in [0.29, 0.717) is 5.75 Å². The summed E-state index contributed by atoms with van der Waals surface area (Å²) in [5, 5.41) is 22.3. The Labute approximate surface area is 155 Å². The quantitative estimate of drug-likeness (QED) is 0.619. The van der Waals surface area contributed by atoms with Crippen molar-refractivity contribution < 1.29 is 5.11 Å². The van der Waals surface area contributed by atoms with Gasteiger partial charge in [-0.25, -0.2) is 0 Å². The first-order chi connectivity index (χ1) is 12.2. The van der Waals surface area contributed by atoms with Gasteiger partial charge < -0.3 is 5.11 Å². The fraction of sp³-hybridized carbons (Fsp3) is 0.455. The predicted octanol–water partition coefficient (Wildman–Crippen LogP) is 5.71. The number of phenolic OH excluding ortho intramolecular Hbond substituents is 1. The van der Waals surface area contributed by atoms with Gasteiger partial charge in [0.15, 0.2) is 0 Å². The monoisotopic (exact) mass is 351 g/mol. The molecule has 2 aromatic carbocycles. The van der Waals surface area contributed by atoms with Crippen LogP contribution in [-0.2, 0) is 10.8 Å². The molecule has 4 nitrogen and oxygen atoms in total. The van der Waals surface area contributed by atoms with Gasteiger partial charge in [-0.05, 0) is 41.4 Å². The van der Waals surface area contributed by atoms with Crippen LogP contribution in [0.4, 0.5) is 0 Å². The maximum Gasteiger partial charge on any atom is 0.127 e. The lowest BCUT2D eigenvalue weighted by atomic mass is 9.74. The summed E-state index contributed by atoms with van der Waals surface area (Å²) in [5.74, 6) is 0.350. The molecule has 2 N–H and O–H groups in total. The largest absolute Gasteiger partial charge is 0.507 e. The van der Waals surface area contributed by atoms with Crippen LogP contribution >= 0.6 is 0 Å². The van der Waals surface area contributed by atoms with Crippen LogP contribution in [0.15, 0.2) is 30.3 Å². The van der Waals surface area contributed by atoms with Crippen molar-refractivity contribution in [3.05, 3.63) is 41.5 Å². The molecule has 4 heteroatoms. The normalized spacial score (nSPS) is 12.7. The Morgan fingerprint density at radius 1 is 0.962 bits per heavy atom. The smallest absolute Gasteiger partial charge is 0.127 e. The molecule has 0 radical (unpaired) electrons. The number of hydrogen-bond acceptors (Lipinski definition) is 3. The highest BCUT2D eigenvalue weighted by Gasteiger charge is 2.29. The van der Waals surface area contributed by atoms with Gasteiger partial charge in [-0.1, -0.05) is 65.0 Å². The third-order valence-electron chi connectivity index (χ3n) is 6.03. The van der Waals surface area contributed by atoms with Crippen molar-refractivity contribution in [2.45, 2.75) is 65.2 Å². The van der Waals surface area contributed by atoms with E-state index in [4.69, 9.17) is 0 Å². The summed E-state index contributed by atoms with van der Waals surface area (Å²) in [6, 6.07) is 10.2. The second-order valence-corrected chi connectivity index (χ2v) is 8.41. The zero-order valence-electron chi connectivity index (χ0n) is 16.6. The number of hydrogen-bond donors (Lipinski definition) is 2. The molecule has 0 amide bonds. The van der Waals surface area contributed by atoms with Crippen molar-refractivity contribution >= 4 is 11.0 Å². The van der Waals surface area contributed by atoms with E-state index < -0.39 is 0 Å². The maximum atomic E-state index is 11.2. The molecule has 0 bridgehead atoms. The Hall–Kier alpha value is -2.36. The van der Waals surface area contributed by atoms with Crippen molar-refractivity contribution in [2.75, 3.05) is 0 Å². The number of aromatic amines is 1. The molecule has 0 spiro atoms. The molecule has 26 heavy (non-hydrogen) atoms. The average molecular weight is 351 g/mol. The topological polar surface area (TPSA) is 61.8 Å². The molecule has 0 saturated carbocycles. The molecule has 138 valence electrons. The van der Waals surface area contributed by atoms with Gasteiger partial charge in [0.2, 0.25) is 0 Å². The molecule has 3 aromatic rings. The Kier molecular flexibility index (Phi) is 4.55. The Bertz CT molecular complexity index is 938. The van der Waals surface area contributed by atoms with Gasteiger partial charge in [0.05, 0.1) is 5.52 Å². The molecule has 0 aliphatic carbocycles. The zero-order chi connectivity index (χ0) is 19.1. The number of aromatic hydroxyl groups is 1. The van der Waals surface area contributed by atoms with Gasteiger partial charge in [0.1, 0.15) is 11.3 Å². The summed E-state index contributed by atoms with van der Waals surface area (Å²) in [4.78, 5) is 0. The number of phenols is 1. The highest BCUT2D eigenvalue weighted by atomic mass is 16.3. The summed E-state index contributed by atoms with van der Waals surface area (Å²) < 4.78 is 0. The third kappa shape index (κ3) is 2.98. The number of fused-ring (bicyclic) bond motifs is 1. The van der Waals surface area contributed by atoms with E-state index in [-0.39, 0.29) is 10.8 Å². The second kappa shape index (κ2) is 6.42. The lowest BCUT2D eigenvalue weighted by Crippen LogP contribution is -2.20. The van der Waals surface area contributed by atoms with E-state index >= 15 is 0 Å². The fourth-order valence-electron chi connectivity index (χ4n) is 3.23. The summed E-state index contributed by atoms with van der Waals surface area (Å²) in [5.41, 5.74) is 5.55. The minimum atomic E-state index is -0.115. The molecule has 0 aliphatic heterocycles. The van der Waals surface area contributed by atoms with Gasteiger partial charge in [0.25, 0.3) is 0 Å². The van der Waals surface area contributed by atoms with Gasteiger partial charge >= 0.3 is 0 Å². The molecule has 0 unspecified atom stereocenters. The van der Waals surface area contributed by atoms with Crippen LogP contribution in [0.5, 0.6) is 5.75 Å². The number of aromatic nitrogens is 3. The first-order valence-corrected chi connectivity index (χ1v) is 9.39. The molecule has 0 aliphatic rings. The lowest BCUT2D eigenvalue weighted by molar-refractivity contribution is 0.426. The van der Waals surface area contributed by atoms with Crippen LogP contribution in [0, 0.1) is 0 Å². The summed E-state index contributed by atoms with van der Waals surface area (Å²) in [7, 11) is 0. The Morgan fingerprint density at radius 3 is 2.31 bits per heavy atom. The van der Waals surface area contributed by atoms with Crippen LogP contribution in [0.1, 0.15) is 65.5 Å². The molecule has 3 rings (SSSR count). The highest BCUT2D eigenvalue weighted by Crippen LogP contribution is 2.44. The fourth-order valence-corrected chi connectivity index (χ4v) is 3.23. The van der Waals surface area contributed by atoms with Gasteiger partial charge in [-0.3, -0.25) is 5.10 Å². The van der Waals surface area contributed by atoms with Crippen LogP contribution in [-0.4, -0.2) is 20.5 Å². The summed E-state index contributed by atoms with van der Waals surface area (Å²) in [6.45, 7) is 13.2. The minimum Gasteiger partial charge on any atom is -0.507 e. The molecule has 0 saturated heterocycles. The van der Waals surface area contributed by atoms with Crippen LogP contribution in [0.2, 0.25) is 0 Å². The van der Waals surface area contributed by atoms with Crippen LogP contribution in [0.3, 0.4) is 0 Å². The molecule has 1 heterocycles. The van der Waals surface area contributed by atoms with E-state index in [1.165, 1.54) is 5.56 Å². The zero-order valence-corrected chi connectivity index (χ0v) is 16.6. The lowest BCUT2D eigenvalue weighted by Gasteiger charge is -2.30. The van der Waals surface area contributed by atoms with Gasteiger partial charge in [0, 0.05) is 16.7 Å². The van der Waals surface area contributed by atoms with E-state index in [2.05, 4.69) is 69.1 Å². The number of nitrogens with zero attached hydrogens (tertiary/aromatic N) is 2. The molecular weight excluding hydrogens is 322 g/mol. The van der Waals surface area contributed by atoms with Crippen molar-refractivity contribution in [3.63, 3.8) is 0 Å². The van der Waals surface area contributed by atoms with Gasteiger partial charge in [-0.15, -0.1) is 5.10 Å². The number of nitrogens with one attached hydrogen (secondary N) is 1. The van der Waals surface area contributed by atoms with Crippen molar-refractivity contribution in [1.82, 2.24) is 15.4 Å². The van der Waals surface area contributed by atoms with E-state index in [0.717, 1.165) is 40.6 Å². The average Bonchev–Trinajstić information content (AvgIpc) is 3.10. The SMILES string of the molecule is CCC(C)(C)c1cc(-c2cccc3[nH]nnc23)c(O)c(C(C)(C)CC)c1. The standard InChI is InChI=1S/C22H29N3O/c1-7-21(3,4)14-12-16(20(26)17(13-14)22(5,6)8-2)15-10-9-11-18-19(15)24-25-23-18/h9-13,26H,7-8H2,1-6H3,(H,23,24,25). The number of rotatable bonds is 5. The number of benzene rings is 2. The second-order valence-electron chi connectivity index (χ2n) is 8.41. The highest BCUT2D eigenvalue weighted by molar-refractivity contribution is 5.93. The minimum absolute atomic E-state index is 0.0265. The Morgan fingerprint density at radius 2 is 1.65 bits per heavy atom. The summed E-state index contributed by atoms with van der Waals surface area (Å²) >= 11 is 0. The summed E-state index contributed by atoms with van der Waals surface area (Å²) in [6.07, 6.45) is 1.97. The van der Waals surface area contributed by atoms with E-state index in [1.807, 2.05) is 18.2 Å². The van der Waals surface area contributed by atoms with Crippen LogP contribution in [0.25, 0.3) is 22.2 Å². The first-order valence-electron chi connectivity index (χ1n) is 9.39. The van der Waals surface area contributed by atoms with E-state index in [1.54, 1.807) is 0 Å². The molecule has 1 aromatic heterocycles. The third-order valence-corrected chi connectivity index (χ3v) is 6.03. The predicted molar refractivity (Wildman–Crippen MR) is 108 cm³/mol. The molecule has 0 atom stereocenters. The van der Waals surface area contributed by atoms with Crippen molar-refractivity contribution in [1.29, 1.82) is 0 Å². The Balaban J connectivity index is 2.36. The van der Waals surface area contributed by atoms with Crippen molar-refractivity contribution in [3.8, 4) is 16.9 Å².